The Morgan fingerprint density at radius 3 is 2.61 bits per heavy atom. The highest BCUT2D eigenvalue weighted by atomic mass is 32.2. The summed E-state index contributed by atoms with van der Waals surface area (Å²) in [6, 6.07) is 7.10. The monoisotopic (exact) mass is 271 g/mol. The van der Waals surface area contributed by atoms with Gasteiger partial charge in [-0.15, -0.1) is 0 Å². The molecule has 0 aliphatic heterocycles. The molecule has 18 heavy (non-hydrogen) atoms. The molecule has 5 nitrogen and oxygen atoms in total. The smallest absolute Gasteiger partial charge is 0.306 e. The van der Waals surface area contributed by atoms with Crippen LogP contribution in [0, 0.1) is 0 Å². The summed E-state index contributed by atoms with van der Waals surface area (Å²) in [4.78, 5) is 10.9. The van der Waals surface area contributed by atoms with E-state index in [0.29, 0.717) is 12.1 Å². The number of benzene rings is 1. The Morgan fingerprint density at radius 1 is 1.33 bits per heavy atom. The molecule has 0 unspecified atom stereocenters. The topological polar surface area (TPSA) is 86.5 Å². The number of nitrogens with two attached hydrogens (primary N) is 1. The van der Waals surface area contributed by atoms with Gasteiger partial charge in [-0.25, -0.2) is 8.42 Å². The molecule has 0 atom stereocenters. The van der Waals surface area contributed by atoms with E-state index in [1.807, 2.05) is 6.07 Å². The number of hydrogen-bond donors (Lipinski definition) is 1. The Hall–Kier alpha value is -1.40. The van der Waals surface area contributed by atoms with Gasteiger partial charge in [0.2, 0.25) is 0 Å². The summed E-state index contributed by atoms with van der Waals surface area (Å²) >= 11 is 0. The van der Waals surface area contributed by atoms with Crippen LogP contribution in [0.25, 0.3) is 0 Å². The Labute approximate surface area is 107 Å². The van der Waals surface area contributed by atoms with Crippen molar-refractivity contribution < 1.29 is 17.9 Å². The van der Waals surface area contributed by atoms with E-state index in [-0.39, 0.29) is 17.9 Å². The van der Waals surface area contributed by atoms with Gasteiger partial charge >= 0.3 is 5.97 Å². The van der Waals surface area contributed by atoms with Gasteiger partial charge in [0, 0.05) is 6.54 Å². The standard InChI is InChI=1S/C12H17NO4S/c1-17-12(14)5-6-18(15,16)9-11-4-2-3-10(7-11)8-13/h2-4,7H,5-6,8-9,13H2,1H3. The zero-order valence-electron chi connectivity index (χ0n) is 10.3. The quantitative estimate of drug-likeness (QED) is 0.767. The van der Waals surface area contributed by atoms with Crippen LogP contribution in [0.3, 0.4) is 0 Å². The summed E-state index contributed by atoms with van der Waals surface area (Å²) in [5.74, 6) is -0.807. The van der Waals surface area contributed by atoms with Gasteiger partial charge in [0.25, 0.3) is 0 Å². The van der Waals surface area contributed by atoms with Crippen molar-refractivity contribution in [3.63, 3.8) is 0 Å². The number of carbonyl (C=O) groups excluding carboxylic acids is 1. The van der Waals surface area contributed by atoms with E-state index in [9.17, 15) is 13.2 Å². The van der Waals surface area contributed by atoms with Gasteiger partial charge in [-0.1, -0.05) is 24.3 Å². The van der Waals surface area contributed by atoms with E-state index in [0.717, 1.165) is 5.56 Å². The molecule has 0 fully saturated rings. The van der Waals surface area contributed by atoms with Crippen molar-refractivity contribution >= 4 is 15.8 Å². The molecule has 1 aromatic carbocycles. The fourth-order valence-electron chi connectivity index (χ4n) is 1.51. The molecule has 0 spiro atoms. The SMILES string of the molecule is COC(=O)CCS(=O)(=O)Cc1cccc(CN)c1. The molecule has 0 radical (unpaired) electrons. The van der Waals surface area contributed by atoms with E-state index in [1.165, 1.54) is 7.11 Å². The van der Waals surface area contributed by atoms with Crippen molar-refractivity contribution in [2.75, 3.05) is 12.9 Å². The summed E-state index contributed by atoms with van der Waals surface area (Å²) in [5.41, 5.74) is 7.06. The number of hydrogen-bond acceptors (Lipinski definition) is 5. The summed E-state index contributed by atoms with van der Waals surface area (Å²) in [6.45, 7) is 0.371. The number of sulfone groups is 1. The molecular weight excluding hydrogens is 254 g/mol. The number of ether oxygens (including phenoxy) is 1. The predicted molar refractivity (Wildman–Crippen MR) is 68.5 cm³/mol. The van der Waals surface area contributed by atoms with Crippen molar-refractivity contribution in [2.24, 2.45) is 5.73 Å². The van der Waals surface area contributed by atoms with Crippen LogP contribution in [0.5, 0.6) is 0 Å². The maximum absolute atomic E-state index is 11.8. The van der Waals surface area contributed by atoms with Crippen molar-refractivity contribution in [3.05, 3.63) is 35.4 Å². The van der Waals surface area contributed by atoms with Crippen molar-refractivity contribution in [1.29, 1.82) is 0 Å². The molecule has 0 saturated heterocycles. The first-order valence-electron chi connectivity index (χ1n) is 5.52. The molecule has 0 amide bonds. The molecule has 0 bridgehead atoms. The van der Waals surface area contributed by atoms with Gasteiger partial charge in [0.05, 0.1) is 25.0 Å². The lowest BCUT2D eigenvalue weighted by Gasteiger charge is -2.05. The summed E-state index contributed by atoms with van der Waals surface area (Å²) in [5, 5.41) is 0. The average molecular weight is 271 g/mol. The van der Waals surface area contributed by atoms with Gasteiger partial charge < -0.3 is 10.5 Å². The molecule has 0 aromatic heterocycles. The number of methoxy groups -OCH3 is 1. The molecule has 1 rings (SSSR count). The third-order valence-corrected chi connectivity index (χ3v) is 4.06. The minimum Gasteiger partial charge on any atom is -0.469 e. The van der Waals surface area contributed by atoms with Crippen LogP contribution in [0.2, 0.25) is 0 Å². The molecule has 2 N–H and O–H groups in total. The van der Waals surface area contributed by atoms with Crippen LogP contribution in [-0.2, 0) is 31.7 Å². The highest BCUT2D eigenvalue weighted by Gasteiger charge is 2.14. The third kappa shape index (κ3) is 4.85. The Bertz CT molecular complexity index is 511. The second-order valence-corrected chi connectivity index (χ2v) is 6.13. The zero-order valence-corrected chi connectivity index (χ0v) is 11.1. The van der Waals surface area contributed by atoms with Crippen molar-refractivity contribution in [1.82, 2.24) is 0 Å². The lowest BCUT2D eigenvalue weighted by Crippen LogP contribution is -2.14. The summed E-state index contributed by atoms with van der Waals surface area (Å²) in [6.07, 6.45) is -0.116. The van der Waals surface area contributed by atoms with Crippen LogP contribution >= 0.6 is 0 Å². The van der Waals surface area contributed by atoms with Crippen molar-refractivity contribution in [3.8, 4) is 0 Å². The van der Waals surface area contributed by atoms with Gasteiger partial charge in [-0.2, -0.15) is 0 Å². The molecule has 100 valence electrons. The molecular formula is C12H17NO4S. The summed E-state index contributed by atoms with van der Waals surface area (Å²) in [7, 11) is -2.07. The van der Waals surface area contributed by atoms with E-state index in [4.69, 9.17) is 5.73 Å². The lowest BCUT2D eigenvalue weighted by molar-refractivity contribution is -0.140. The first-order valence-corrected chi connectivity index (χ1v) is 7.34. The highest BCUT2D eigenvalue weighted by Crippen LogP contribution is 2.10. The average Bonchev–Trinajstić information content (AvgIpc) is 2.35. The Morgan fingerprint density at radius 2 is 2.00 bits per heavy atom. The van der Waals surface area contributed by atoms with E-state index in [1.54, 1.807) is 18.2 Å². The molecule has 0 heterocycles. The van der Waals surface area contributed by atoms with Crippen LogP contribution in [-0.4, -0.2) is 27.2 Å². The third-order valence-electron chi connectivity index (χ3n) is 2.46. The maximum Gasteiger partial charge on any atom is 0.306 e. The zero-order chi connectivity index (χ0) is 13.6. The van der Waals surface area contributed by atoms with Crippen molar-refractivity contribution in [2.45, 2.75) is 18.7 Å². The number of rotatable bonds is 6. The number of esters is 1. The Kier molecular flexibility index (Phi) is 5.30. The molecule has 6 heteroatoms. The van der Waals surface area contributed by atoms with Crippen LogP contribution < -0.4 is 5.73 Å². The van der Waals surface area contributed by atoms with Crippen LogP contribution in [0.4, 0.5) is 0 Å². The fraction of sp³-hybridized carbons (Fsp3) is 0.417. The molecule has 0 aliphatic rings. The first-order chi connectivity index (χ1) is 8.46. The van der Waals surface area contributed by atoms with E-state index in [2.05, 4.69) is 4.74 Å². The van der Waals surface area contributed by atoms with Crippen LogP contribution in [0.1, 0.15) is 17.5 Å². The van der Waals surface area contributed by atoms with E-state index >= 15 is 0 Å². The maximum atomic E-state index is 11.8. The molecule has 0 aliphatic carbocycles. The molecule has 0 saturated carbocycles. The summed E-state index contributed by atoms with van der Waals surface area (Å²) < 4.78 is 28.0. The largest absolute Gasteiger partial charge is 0.469 e. The highest BCUT2D eigenvalue weighted by molar-refractivity contribution is 7.90. The minimum absolute atomic E-state index is 0.0855. The second kappa shape index (κ2) is 6.51. The van der Waals surface area contributed by atoms with Crippen LogP contribution in [0.15, 0.2) is 24.3 Å². The fourth-order valence-corrected chi connectivity index (χ4v) is 2.82. The lowest BCUT2D eigenvalue weighted by atomic mass is 10.1. The van der Waals surface area contributed by atoms with E-state index < -0.39 is 15.8 Å². The minimum atomic E-state index is -3.31. The van der Waals surface area contributed by atoms with Gasteiger partial charge in [-0.05, 0) is 11.1 Å². The predicted octanol–water partition coefficient (Wildman–Crippen LogP) is 0.623. The van der Waals surface area contributed by atoms with Gasteiger partial charge in [0.15, 0.2) is 9.84 Å². The Balaban J connectivity index is 2.67. The van der Waals surface area contributed by atoms with Gasteiger partial charge in [0.1, 0.15) is 0 Å². The molecule has 1 aromatic rings. The normalized spacial score (nSPS) is 11.2. The first kappa shape index (κ1) is 14.7. The van der Waals surface area contributed by atoms with Gasteiger partial charge in [-0.3, -0.25) is 4.79 Å². The number of carbonyl (C=O) groups is 1. The second-order valence-electron chi connectivity index (χ2n) is 3.94.